The number of benzene rings is 1. The number of hydrogen-bond acceptors (Lipinski definition) is 8. The molecule has 8 heteroatoms. The highest BCUT2D eigenvalue weighted by molar-refractivity contribution is 6.15. The lowest BCUT2D eigenvalue weighted by molar-refractivity contribution is -0.222. The maximum atomic E-state index is 11.9. The molecule has 0 radical (unpaired) electrons. The summed E-state index contributed by atoms with van der Waals surface area (Å²) in [4.78, 5) is 26.0. The van der Waals surface area contributed by atoms with Crippen LogP contribution in [0.2, 0.25) is 0 Å². The van der Waals surface area contributed by atoms with E-state index in [9.17, 15) is 14.7 Å². The molecule has 2 aliphatic heterocycles. The second-order valence-electron chi connectivity index (χ2n) is 6.93. The van der Waals surface area contributed by atoms with E-state index in [2.05, 4.69) is 10.2 Å². The van der Waals surface area contributed by atoms with Gasteiger partial charge in [-0.25, -0.2) is 9.59 Å². The number of carbonyl (C=O) groups is 2. The van der Waals surface area contributed by atoms with E-state index in [0.29, 0.717) is 25.4 Å². The fraction of sp³-hybridized carbons (Fsp3) is 0.474. The van der Waals surface area contributed by atoms with Crippen molar-refractivity contribution in [3.63, 3.8) is 0 Å². The van der Waals surface area contributed by atoms with Crippen LogP contribution in [0.15, 0.2) is 36.0 Å². The Morgan fingerprint density at radius 1 is 1.15 bits per heavy atom. The zero-order valence-electron chi connectivity index (χ0n) is 15.4. The second-order valence-corrected chi connectivity index (χ2v) is 6.93. The minimum Gasteiger partial charge on any atom is -0.419 e. The number of anilines is 1. The summed E-state index contributed by atoms with van der Waals surface area (Å²) < 4.78 is 15.4. The summed E-state index contributed by atoms with van der Waals surface area (Å²) in [5.74, 6) is -2.73. The molecule has 0 saturated carbocycles. The zero-order valence-corrected chi connectivity index (χ0v) is 15.4. The van der Waals surface area contributed by atoms with Crippen molar-refractivity contribution >= 4 is 17.6 Å². The van der Waals surface area contributed by atoms with Crippen LogP contribution in [0.3, 0.4) is 0 Å². The van der Waals surface area contributed by atoms with Gasteiger partial charge in [0.2, 0.25) is 0 Å². The second kappa shape index (κ2) is 8.08. The van der Waals surface area contributed by atoms with Crippen molar-refractivity contribution in [3.8, 4) is 0 Å². The summed E-state index contributed by atoms with van der Waals surface area (Å²) >= 11 is 0. The quantitative estimate of drug-likeness (QED) is 0.449. The Morgan fingerprint density at radius 3 is 2.33 bits per heavy atom. The Bertz CT molecular complexity index is 700. The third kappa shape index (κ3) is 5.06. The number of nitrogens with one attached hydrogen (secondary N) is 1. The lowest BCUT2D eigenvalue weighted by Gasteiger charge is -2.29. The Hall–Kier alpha value is -2.42. The van der Waals surface area contributed by atoms with Crippen molar-refractivity contribution in [2.45, 2.75) is 25.7 Å². The van der Waals surface area contributed by atoms with E-state index in [-0.39, 0.29) is 5.57 Å². The van der Waals surface area contributed by atoms with E-state index in [1.54, 1.807) is 24.3 Å². The predicted molar refractivity (Wildman–Crippen MR) is 96.6 cm³/mol. The van der Waals surface area contributed by atoms with Gasteiger partial charge in [0.25, 0.3) is 5.79 Å². The molecule has 146 valence electrons. The third-order valence-corrected chi connectivity index (χ3v) is 4.33. The Balaban J connectivity index is 1.59. The van der Waals surface area contributed by atoms with Crippen molar-refractivity contribution in [2.75, 3.05) is 38.2 Å². The van der Waals surface area contributed by atoms with E-state index in [0.717, 1.165) is 18.7 Å². The molecule has 8 nitrogen and oxygen atoms in total. The molecule has 2 fully saturated rings. The monoisotopic (exact) mass is 376 g/mol. The first-order chi connectivity index (χ1) is 12.8. The normalized spacial score (nSPS) is 21.2. The molecular weight excluding hydrogens is 352 g/mol. The number of cyclic esters (lactones) is 2. The molecule has 0 spiro atoms. The van der Waals surface area contributed by atoms with Crippen molar-refractivity contribution in [2.24, 2.45) is 0 Å². The number of β-amino-alcohol motifs (C(OH)–C–C–N with tert-alkyl or cyclic N) is 1. The summed E-state index contributed by atoms with van der Waals surface area (Å²) in [6, 6.07) is 7.12. The number of hydrogen-bond donors (Lipinski definition) is 2. The molecule has 0 bridgehead atoms. The van der Waals surface area contributed by atoms with E-state index in [4.69, 9.17) is 14.2 Å². The summed E-state index contributed by atoms with van der Waals surface area (Å²) in [5.41, 5.74) is 1.25. The molecule has 2 heterocycles. The van der Waals surface area contributed by atoms with Crippen LogP contribution >= 0.6 is 0 Å². The number of ether oxygens (including phenoxy) is 3. The van der Waals surface area contributed by atoms with Crippen LogP contribution in [0.25, 0.3) is 0 Å². The number of aliphatic hydroxyl groups excluding tert-OH is 1. The highest BCUT2D eigenvalue weighted by atomic mass is 16.7. The standard InChI is InChI=1S/C19H24N2O6/c1-19(2)26-17(23)15(18(24)27-19)11-20-14-5-3-13(4-6-14)16(22)12-21-7-9-25-10-8-21/h3-6,11,16,20,22H,7-10,12H2,1-2H3. The maximum Gasteiger partial charge on any atom is 0.350 e. The van der Waals surface area contributed by atoms with Crippen LogP contribution in [0, 0.1) is 0 Å². The predicted octanol–water partition coefficient (Wildman–Crippen LogP) is 1.18. The van der Waals surface area contributed by atoms with Gasteiger partial charge in [-0.2, -0.15) is 0 Å². The van der Waals surface area contributed by atoms with Gasteiger partial charge in [-0.3, -0.25) is 4.90 Å². The third-order valence-electron chi connectivity index (χ3n) is 4.33. The molecule has 1 atom stereocenters. The molecule has 1 aromatic rings. The molecule has 2 saturated heterocycles. The topological polar surface area (TPSA) is 97.3 Å². The number of nitrogens with zero attached hydrogens (tertiary/aromatic N) is 1. The van der Waals surface area contributed by atoms with E-state index in [1.807, 2.05) is 0 Å². The van der Waals surface area contributed by atoms with Crippen LogP contribution in [0.4, 0.5) is 5.69 Å². The number of rotatable bonds is 5. The average molecular weight is 376 g/mol. The fourth-order valence-electron chi connectivity index (χ4n) is 2.87. The Labute approximate surface area is 157 Å². The summed E-state index contributed by atoms with van der Waals surface area (Å²) in [5, 5.41) is 13.3. The number of aliphatic hydroxyl groups is 1. The lowest BCUT2D eigenvalue weighted by Crippen LogP contribution is -2.42. The van der Waals surface area contributed by atoms with Crippen LogP contribution in [0.5, 0.6) is 0 Å². The molecular formula is C19H24N2O6. The van der Waals surface area contributed by atoms with Gasteiger partial charge in [0.1, 0.15) is 0 Å². The SMILES string of the molecule is CC1(C)OC(=O)C(=CNc2ccc(C(O)CN3CCOCC3)cc2)C(=O)O1. The first-order valence-electron chi connectivity index (χ1n) is 8.85. The molecule has 2 aliphatic rings. The molecule has 0 aliphatic carbocycles. The van der Waals surface area contributed by atoms with Crippen LogP contribution < -0.4 is 5.32 Å². The van der Waals surface area contributed by atoms with Gasteiger partial charge in [-0.15, -0.1) is 0 Å². The fourth-order valence-corrected chi connectivity index (χ4v) is 2.87. The van der Waals surface area contributed by atoms with Gasteiger partial charge in [0, 0.05) is 45.4 Å². The number of morpholine rings is 1. The molecule has 3 rings (SSSR count). The van der Waals surface area contributed by atoms with Gasteiger partial charge >= 0.3 is 11.9 Å². The number of esters is 2. The minimum atomic E-state index is -1.26. The minimum absolute atomic E-state index is 0.203. The van der Waals surface area contributed by atoms with Crippen LogP contribution in [-0.4, -0.2) is 60.6 Å². The van der Waals surface area contributed by atoms with Gasteiger partial charge in [0.05, 0.1) is 19.3 Å². The molecule has 1 unspecified atom stereocenters. The highest BCUT2D eigenvalue weighted by Crippen LogP contribution is 2.23. The first-order valence-corrected chi connectivity index (χ1v) is 8.85. The Kier molecular flexibility index (Phi) is 5.79. The maximum absolute atomic E-state index is 11.9. The van der Waals surface area contributed by atoms with Crippen molar-refractivity contribution in [1.82, 2.24) is 4.90 Å². The zero-order chi connectivity index (χ0) is 19.4. The summed E-state index contributed by atoms with van der Waals surface area (Å²) in [6.07, 6.45) is 0.667. The Morgan fingerprint density at radius 2 is 1.74 bits per heavy atom. The van der Waals surface area contributed by atoms with E-state index in [1.165, 1.54) is 20.0 Å². The first kappa shape index (κ1) is 19.3. The van der Waals surface area contributed by atoms with Gasteiger partial charge in [0.15, 0.2) is 5.57 Å². The van der Waals surface area contributed by atoms with Crippen molar-refractivity contribution in [3.05, 3.63) is 41.6 Å². The average Bonchev–Trinajstić information content (AvgIpc) is 2.61. The van der Waals surface area contributed by atoms with E-state index < -0.39 is 23.8 Å². The van der Waals surface area contributed by atoms with E-state index >= 15 is 0 Å². The van der Waals surface area contributed by atoms with Gasteiger partial charge in [-0.1, -0.05) is 12.1 Å². The highest BCUT2D eigenvalue weighted by Gasteiger charge is 2.38. The van der Waals surface area contributed by atoms with Gasteiger partial charge in [-0.05, 0) is 17.7 Å². The molecule has 0 aromatic heterocycles. The smallest absolute Gasteiger partial charge is 0.350 e. The largest absolute Gasteiger partial charge is 0.419 e. The molecule has 0 amide bonds. The lowest BCUT2D eigenvalue weighted by atomic mass is 10.1. The summed E-state index contributed by atoms with van der Waals surface area (Å²) in [6.45, 7) is 6.54. The van der Waals surface area contributed by atoms with Crippen molar-refractivity contribution < 1.29 is 28.9 Å². The van der Waals surface area contributed by atoms with Crippen molar-refractivity contribution in [1.29, 1.82) is 0 Å². The van der Waals surface area contributed by atoms with Crippen LogP contribution in [-0.2, 0) is 23.8 Å². The summed E-state index contributed by atoms with van der Waals surface area (Å²) in [7, 11) is 0. The molecule has 1 aromatic carbocycles. The van der Waals surface area contributed by atoms with Crippen LogP contribution in [0.1, 0.15) is 25.5 Å². The molecule has 27 heavy (non-hydrogen) atoms. The number of carbonyl (C=O) groups excluding carboxylic acids is 2. The molecule has 2 N–H and O–H groups in total. The van der Waals surface area contributed by atoms with Gasteiger partial charge < -0.3 is 24.6 Å².